The molecule has 1 aromatic rings. The molecule has 94 valence electrons. The number of carboxylic acid groups (broad SMARTS) is 1. The minimum Gasteiger partial charge on any atom is -0.481 e. The van der Waals surface area contributed by atoms with Crippen LogP contribution in [0.1, 0.15) is 29.4 Å². The van der Waals surface area contributed by atoms with Gasteiger partial charge >= 0.3 is 11.9 Å². The second-order valence-electron chi connectivity index (χ2n) is 4.11. The summed E-state index contributed by atoms with van der Waals surface area (Å²) in [7, 11) is 3.10. The Morgan fingerprint density at radius 2 is 2.18 bits per heavy atom. The summed E-state index contributed by atoms with van der Waals surface area (Å²) >= 11 is 0. The van der Waals surface area contributed by atoms with Crippen molar-refractivity contribution >= 4 is 11.9 Å². The molecule has 1 heterocycles. The topological polar surface area (TPSA) is 68.5 Å². The molecule has 1 unspecified atom stereocenters. The molecular formula is C12H17NO4. The van der Waals surface area contributed by atoms with Crippen LogP contribution in [-0.4, -0.2) is 28.7 Å². The number of ether oxygens (including phenoxy) is 1. The molecule has 0 aliphatic carbocycles. The molecule has 0 radical (unpaired) electrons. The lowest BCUT2D eigenvalue weighted by molar-refractivity contribution is -0.141. The highest BCUT2D eigenvalue weighted by molar-refractivity contribution is 5.87. The summed E-state index contributed by atoms with van der Waals surface area (Å²) in [6.07, 6.45) is 3.01. The Hall–Kier alpha value is -1.78. The number of rotatable bonds is 5. The van der Waals surface area contributed by atoms with Gasteiger partial charge in [-0.2, -0.15) is 0 Å². The number of aliphatic carboxylic acids is 1. The molecule has 0 aromatic carbocycles. The molecule has 0 aliphatic rings. The predicted octanol–water partition coefficient (Wildman–Crippen LogP) is 1.46. The van der Waals surface area contributed by atoms with Gasteiger partial charge in [-0.3, -0.25) is 4.79 Å². The van der Waals surface area contributed by atoms with Crippen LogP contribution in [0.3, 0.4) is 0 Å². The van der Waals surface area contributed by atoms with Crippen molar-refractivity contribution in [2.45, 2.75) is 19.8 Å². The van der Waals surface area contributed by atoms with Crippen LogP contribution >= 0.6 is 0 Å². The maximum atomic E-state index is 11.4. The van der Waals surface area contributed by atoms with Gasteiger partial charge in [0.25, 0.3) is 0 Å². The lowest BCUT2D eigenvalue weighted by Gasteiger charge is -2.03. The molecule has 17 heavy (non-hydrogen) atoms. The number of hydrogen-bond acceptors (Lipinski definition) is 3. The zero-order valence-corrected chi connectivity index (χ0v) is 10.3. The molecule has 5 nitrogen and oxygen atoms in total. The van der Waals surface area contributed by atoms with E-state index in [0.29, 0.717) is 18.5 Å². The van der Waals surface area contributed by atoms with Gasteiger partial charge in [0.15, 0.2) is 0 Å². The van der Waals surface area contributed by atoms with Crippen LogP contribution in [0.25, 0.3) is 0 Å². The molecule has 0 fully saturated rings. The lowest BCUT2D eigenvalue weighted by Crippen LogP contribution is -2.09. The van der Waals surface area contributed by atoms with Crippen LogP contribution in [0.5, 0.6) is 0 Å². The van der Waals surface area contributed by atoms with Crippen molar-refractivity contribution in [3.05, 3.63) is 23.5 Å². The van der Waals surface area contributed by atoms with Gasteiger partial charge in [-0.1, -0.05) is 6.92 Å². The third-order valence-corrected chi connectivity index (χ3v) is 2.74. The Kier molecular flexibility index (Phi) is 4.31. The molecule has 1 rings (SSSR count). The summed E-state index contributed by atoms with van der Waals surface area (Å²) in [5.41, 5.74) is 1.42. The first-order valence-electron chi connectivity index (χ1n) is 5.42. The first-order chi connectivity index (χ1) is 7.95. The fourth-order valence-electron chi connectivity index (χ4n) is 1.58. The summed E-state index contributed by atoms with van der Waals surface area (Å²) in [6.45, 7) is 1.67. The third kappa shape index (κ3) is 3.34. The first-order valence-corrected chi connectivity index (χ1v) is 5.42. The van der Waals surface area contributed by atoms with E-state index in [1.54, 1.807) is 24.6 Å². The van der Waals surface area contributed by atoms with Gasteiger partial charge in [0.05, 0.1) is 13.0 Å². The zero-order valence-electron chi connectivity index (χ0n) is 10.3. The molecule has 0 amide bonds. The lowest BCUT2D eigenvalue weighted by atomic mass is 10.0. The molecule has 1 N–H and O–H groups in total. The Balaban J connectivity index is 2.68. The Morgan fingerprint density at radius 1 is 1.53 bits per heavy atom. The minimum atomic E-state index is -0.797. The summed E-state index contributed by atoms with van der Waals surface area (Å²) in [5.74, 6) is -1.56. The smallest absolute Gasteiger partial charge is 0.354 e. The van der Waals surface area contributed by atoms with E-state index in [1.807, 2.05) is 6.20 Å². The highest BCUT2D eigenvalue weighted by Gasteiger charge is 2.14. The molecule has 0 bridgehead atoms. The molecule has 0 spiro atoms. The summed E-state index contributed by atoms with van der Waals surface area (Å²) in [5, 5.41) is 8.77. The van der Waals surface area contributed by atoms with E-state index in [0.717, 1.165) is 5.56 Å². The standard InChI is InChI=1S/C12H17NO4/c1-8(11(14)15)4-5-9-6-10(12(16)17-3)13(2)7-9/h6-8H,4-5H2,1-3H3,(H,14,15). The number of aryl methyl sites for hydroxylation is 2. The highest BCUT2D eigenvalue weighted by Crippen LogP contribution is 2.13. The van der Waals surface area contributed by atoms with Crippen LogP contribution in [0.4, 0.5) is 0 Å². The molecule has 1 atom stereocenters. The van der Waals surface area contributed by atoms with E-state index >= 15 is 0 Å². The number of nitrogens with zero attached hydrogens (tertiary/aromatic N) is 1. The predicted molar refractivity (Wildman–Crippen MR) is 61.9 cm³/mol. The fraction of sp³-hybridized carbons (Fsp3) is 0.500. The fourth-order valence-corrected chi connectivity index (χ4v) is 1.58. The molecule has 0 aliphatic heterocycles. The van der Waals surface area contributed by atoms with Crippen molar-refractivity contribution in [3.8, 4) is 0 Å². The second-order valence-corrected chi connectivity index (χ2v) is 4.11. The van der Waals surface area contributed by atoms with E-state index in [4.69, 9.17) is 5.11 Å². The van der Waals surface area contributed by atoms with Crippen molar-refractivity contribution in [3.63, 3.8) is 0 Å². The molecule has 0 saturated heterocycles. The third-order valence-electron chi connectivity index (χ3n) is 2.74. The number of esters is 1. The van der Waals surface area contributed by atoms with Crippen LogP contribution < -0.4 is 0 Å². The number of carboxylic acids is 1. The average molecular weight is 239 g/mol. The van der Waals surface area contributed by atoms with E-state index in [9.17, 15) is 9.59 Å². The van der Waals surface area contributed by atoms with Gasteiger partial charge in [-0.15, -0.1) is 0 Å². The number of aromatic nitrogens is 1. The first kappa shape index (κ1) is 13.3. The van der Waals surface area contributed by atoms with Crippen molar-refractivity contribution < 1.29 is 19.4 Å². The van der Waals surface area contributed by atoms with Crippen LogP contribution in [0.15, 0.2) is 12.3 Å². The summed E-state index contributed by atoms with van der Waals surface area (Å²) in [4.78, 5) is 22.0. The van der Waals surface area contributed by atoms with E-state index in [-0.39, 0.29) is 11.9 Å². The Bertz CT molecular complexity index is 422. The van der Waals surface area contributed by atoms with Gasteiger partial charge in [-0.25, -0.2) is 4.79 Å². The summed E-state index contributed by atoms with van der Waals surface area (Å²) in [6, 6.07) is 1.74. The van der Waals surface area contributed by atoms with E-state index in [1.165, 1.54) is 7.11 Å². The van der Waals surface area contributed by atoms with Gasteiger partial charge in [0.2, 0.25) is 0 Å². The molecule has 0 saturated carbocycles. The van der Waals surface area contributed by atoms with Gasteiger partial charge < -0.3 is 14.4 Å². The van der Waals surface area contributed by atoms with Crippen LogP contribution in [-0.2, 0) is 23.0 Å². The van der Waals surface area contributed by atoms with Crippen molar-refractivity contribution in [2.75, 3.05) is 7.11 Å². The highest BCUT2D eigenvalue weighted by atomic mass is 16.5. The van der Waals surface area contributed by atoms with Crippen LogP contribution in [0.2, 0.25) is 0 Å². The normalized spacial score (nSPS) is 12.2. The molecular weight excluding hydrogens is 222 g/mol. The zero-order chi connectivity index (χ0) is 13.0. The largest absolute Gasteiger partial charge is 0.481 e. The average Bonchev–Trinajstić information content (AvgIpc) is 2.66. The van der Waals surface area contributed by atoms with Crippen molar-refractivity contribution in [1.29, 1.82) is 0 Å². The van der Waals surface area contributed by atoms with E-state index in [2.05, 4.69) is 4.74 Å². The second kappa shape index (κ2) is 5.52. The van der Waals surface area contributed by atoms with Gasteiger partial charge in [0.1, 0.15) is 5.69 Å². The SMILES string of the molecule is COC(=O)c1cc(CCC(C)C(=O)O)cn1C. The number of hydrogen-bond donors (Lipinski definition) is 1. The summed E-state index contributed by atoms with van der Waals surface area (Å²) < 4.78 is 6.33. The molecule has 5 heteroatoms. The maximum Gasteiger partial charge on any atom is 0.354 e. The van der Waals surface area contributed by atoms with Crippen molar-refractivity contribution in [1.82, 2.24) is 4.57 Å². The minimum absolute atomic E-state index is 0.378. The van der Waals surface area contributed by atoms with Crippen molar-refractivity contribution in [2.24, 2.45) is 13.0 Å². The van der Waals surface area contributed by atoms with Crippen LogP contribution in [0, 0.1) is 5.92 Å². The Labute approximate surface area is 100 Å². The quantitative estimate of drug-likeness (QED) is 0.790. The monoisotopic (exact) mass is 239 g/mol. The number of carbonyl (C=O) groups is 2. The Morgan fingerprint density at radius 3 is 2.71 bits per heavy atom. The van der Waals surface area contributed by atoms with Gasteiger partial charge in [0, 0.05) is 13.2 Å². The maximum absolute atomic E-state index is 11.4. The number of carbonyl (C=O) groups excluding carboxylic acids is 1. The molecule has 1 aromatic heterocycles. The number of methoxy groups -OCH3 is 1. The van der Waals surface area contributed by atoms with Gasteiger partial charge in [-0.05, 0) is 24.5 Å². The van der Waals surface area contributed by atoms with E-state index < -0.39 is 5.97 Å².